The standard InChI is InChI=1S/C12H18O/c1-9(2)12(13)10(3)11-7-5-4-6-8-11/h1,4-8H2,2-3H3. The quantitative estimate of drug-likeness (QED) is 0.592. The number of carbonyl (C=O) groups is 1. The van der Waals surface area contributed by atoms with Gasteiger partial charge in [-0.1, -0.05) is 18.6 Å². The molecule has 1 aliphatic rings. The highest BCUT2D eigenvalue weighted by Crippen LogP contribution is 2.26. The van der Waals surface area contributed by atoms with Crippen LogP contribution in [0.1, 0.15) is 46.0 Å². The number of Topliss-reactive ketones (excluding diaryl/α,β-unsaturated/α-hetero) is 1. The van der Waals surface area contributed by atoms with Gasteiger partial charge < -0.3 is 0 Å². The first-order valence-electron chi connectivity index (χ1n) is 5.01. The molecule has 0 N–H and O–H groups in total. The monoisotopic (exact) mass is 178 g/mol. The maximum atomic E-state index is 11.6. The van der Waals surface area contributed by atoms with Gasteiger partial charge in [-0.25, -0.2) is 0 Å². The van der Waals surface area contributed by atoms with Gasteiger partial charge in [0, 0.05) is 0 Å². The highest BCUT2D eigenvalue weighted by atomic mass is 16.1. The predicted octanol–water partition coefficient (Wildman–Crippen LogP) is 3.41. The van der Waals surface area contributed by atoms with Crippen molar-refractivity contribution in [3.8, 4) is 0 Å². The van der Waals surface area contributed by atoms with Crippen molar-refractivity contribution in [1.29, 1.82) is 0 Å². The van der Waals surface area contributed by atoms with Crippen molar-refractivity contribution >= 4 is 5.78 Å². The number of rotatable bonds is 2. The molecule has 0 aromatic rings. The average molecular weight is 178 g/mol. The third-order valence-corrected chi connectivity index (χ3v) is 2.72. The van der Waals surface area contributed by atoms with Crippen LogP contribution in [0.5, 0.6) is 0 Å². The molecule has 0 radical (unpaired) electrons. The Bertz CT molecular complexity index is 250. The SMILES string of the molecule is C=C(C)C(=O)C(C)=C1CCCCC1. The van der Waals surface area contributed by atoms with Crippen LogP contribution in [0.15, 0.2) is 23.3 Å². The number of allylic oxidation sites excluding steroid dienone is 3. The van der Waals surface area contributed by atoms with Gasteiger partial charge in [0.05, 0.1) is 0 Å². The molecule has 0 atom stereocenters. The average Bonchev–Trinajstić information content (AvgIpc) is 2.17. The molecule has 0 aromatic heterocycles. The van der Waals surface area contributed by atoms with E-state index >= 15 is 0 Å². The fourth-order valence-corrected chi connectivity index (χ4v) is 1.83. The minimum Gasteiger partial charge on any atom is -0.289 e. The molecule has 0 heterocycles. The molecule has 1 heteroatoms. The Morgan fingerprint density at radius 2 is 1.69 bits per heavy atom. The van der Waals surface area contributed by atoms with Crippen LogP contribution in [0.4, 0.5) is 0 Å². The maximum Gasteiger partial charge on any atom is 0.183 e. The van der Waals surface area contributed by atoms with Gasteiger partial charge in [-0.05, 0) is 50.7 Å². The second-order valence-electron chi connectivity index (χ2n) is 3.90. The van der Waals surface area contributed by atoms with Gasteiger partial charge in [0.1, 0.15) is 0 Å². The third kappa shape index (κ3) is 2.55. The fourth-order valence-electron chi connectivity index (χ4n) is 1.83. The summed E-state index contributed by atoms with van der Waals surface area (Å²) in [5, 5.41) is 0. The molecule has 1 saturated carbocycles. The summed E-state index contributed by atoms with van der Waals surface area (Å²) in [6.45, 7) is 7.42. The Labute approximate surface area is 80.5 Å². The van der Waals surface area contributed by atoms with Crippen molar-refractivity contribution < 1.29 is 4.79 Å². The minimum absolute atomic E-state index is 0.150. The molecule has 0 unspecified atom stereocenters. The van der Waals surface area contributed by atoms with Crippen LogP contribution in [0, 0.1) is 0 Å². The van der Waals surface area contributed by atoms with Crippen LogP contribution in [-0.2, 0) is 4.79 Å². The van der Waals surface area contributed by atoms with E-state index in [1.165, 1.54) is 24.8 Å². The summed E-state index contributed by atoms with van der Waals surface area (Å²) in [5.74, 6) is 0.150. The van der Waals surface area contributed by atoms with Crippen molar-refractivity contribution in [2.24, 2.45) is 0 Å². The van der Waals surface area contributed by atoms with E-state index < -0.39 is 0 Å². The minimum atomic E-state index is 0.150. The van der Waals surface area contributed by atoms with Gasteiger partial charge in [-0.15, -0.1) is 0 Å². The second-order valence-corrected chi connectivity index (χ2v) is 3.90. The Balaban J connectivity index is 2.77. The maximum absolute atomic E-state index is 11.6. The van der Waals surface area contributed by atoms with Crippen molar-refractivity contribution in [3.05, 3.63) is 23.3 Å². The molecule has 0 aromatic carbocycles. The molecule has 1 nitrogen and oxygen atoms in total. The van der Waals surface area contributed by atoms with E-state index in [0.717, 1.165) is 18.4 Å². The van der Waals surface area contributed by atoms with Crippen molar-refractivity contribution in [3.63, 3.8) is 0 Å². The number of carbonyl (C=O) groups excluding carboxylic acids is 1. The van der Waals surface area contributed by atoms with E-state index in [-0.39, 0.29) is 5.78 Å². The summed E-state index contributed by atoms with van der Waals surface area (Å²) in [5.41, 5.74) is 2.97. The molecule has 1 fully saturated rings. The Hall–Kier alpha value is -0.850. The van der Waals surface area contributed by atoms with Crippen molar-refractivity contribution in [1.82, 2.24) is 0 Å². The van der Waals surface area contributed by atoms with Gasteiger partial charge in [-0.2, -0.15) is 0 Å². The molecule has 13 heavy (non-hydrogen) atoms. The summed E-state index contributed by atoms with van der Waals surface area (Å²) in [6.07, 6.45) is 6.04. The van der Waals surface area contributed by atoms with E-state index in [4.69, 9.17) is 0 Å². The van der Waals surface area contributed by atoms with Gasteiger partial charge in [0.25, 0.3) is 0 Å². The summed E-state index contributed by atoms with van der Waals surface area (Å²) in [6, 6.07) is 0. The number of hydrogen-bond acceptors (Lipinski definition) is 1. The highest BCUT2D eigenvalue weighted by molar-refractivity contribution is 6.07. The molecule has 0 saturated heterocycles. The lowest BCUT2D eigenvalue weighted by Gasteiger charge is -2.16. The van der Waals surface area contributed by atoms with Crippen LogP contribution in [0.25, 0.3) is 0 Å². The molecular weight excluding hydrogens is 160 g/mol. The third-order valence-electron chi connectivity index (χ3n) is 2.72. The Morgan fingerprint density at radius 3 is 2.15 bits per heavy atom. The summed E-state index contributed by atoms with van der Waals surface area (Å²) in [7, 11) is 0. The molecular formula is C12H18O. The molecule has 1 rings (SSSR count). The number of ketones is 1. The fraction of sp³-hybridized carbons (Fsp3) is 0.583. The predicted molar refractivity (Wildman–Crippen MR) is 55.6 cm³/mol. The van der Waals surface area contributed by atoms with Gasteiger partial charge >= 0.3 is 0 Å². The van der Waals surface area contributed by atoms with Crippen LogP contribution >= 0.6 is 0 Å². The van der Waals surface area contributed by atoms with Crippen molar-refractivity contribution in [2.45, 2.75) is 46.0 Å². The zero-order valence-electron chi connectivity index (χ0n) is 8.65. The van der Waals surface area contributed by atoms with Crippen LogP contribution in [-0.4, -0.2) is 5.78 Å². The zero-order valence-corrected chi connectivity index (χ0v) is 8.65. The Kier molecular flexibility index (Phi) is 3.47. The topological polar surface area (TPSA) is 17.1 Å². The number of hydrogen-bond donors (Lipinski definition) is 0. The molecule has 0 amide bonds. The first-order valence-corrected chi connectivity index (χ1v) is 5.01. The zero-order chi connectivity index (χ0) is 9.84. The lowest BCUT2D eigenvalue weighted by molar-refractivity contribution is -0.112. The van der Waals surface area contributed by atoms with Crippen LogP contribution in [0.3, 0.4) is 0 Å². The van der Waals surface area contributed by atoms with Gasteiger partial charge in [-0.3, -0.25) is 4.79 Å². The smallest absolute Gasteiger partial charge is 0.183 e. The Morgan fingerprint density at radius 1 is 1.15 bits per heavy atom. The second kappa shape index (κ2) is 4.40. The van der Waals surface area contributed by atoms with E-state index in [0.29, 0.717) is 5.57 Å². The van der Waals surface area contributed by atoms with Gasteiger partial charge in [0.2, 0.25) is 0 Å². The largest absolute Gasteiger partial charge is 0.289 e. The first-order chi connectivity index (χ1) is 6.13. The van der Waals surface area contributed by atoms with E-state index in [2.05, 4.69) is 6.58 Å². The molecule has 0 spiro atoms. The molecule has 0 bridgehead atoms. The van der Waals surface area contributed by atoms with E-state index in [9.17, 15) is 4.79 Å². The summed E-state index contributed by atoms with van der Waals surface area (Å²) in [4.78, 5) is 11.6. The lowest BCUT2D eigenvalue weighted by Crippen LogP contribution is -2.06. The van der Waals surface area contributed by atoms with Crippen LogP contribution in [0.2, 0.25) is 0 Å². The lowest BCUT2D eigenvalue weighted by atomic mass is 9.89. The highest BCUT2D eigenvalue weighted by Gasteiger charge is 2.13. The van der Waals surface area contributed by atoms with Crippen molar-refractivity contribution in [2.75, 3.05) is 0 Å². The van der Waals surface area contributed by atoms with Gasteiger partial charge in [0.15, 0.2) is 5.78 Å². The van der Waals surface area contributed by atoms with E-state index in [1.807, 2.05) is 6.92 Å². The van der Waals surface area contributed by atoms with E-state index in [1.54, 1.807) is 6.92 Å². The van der Waals surface area contributed by atoms with Crippen LogP contribution < -0.4 is 0 Å². The molecule has 1 aliphatic carbocycles. The molecule has 72 valence electrons. The summed E-state index contributed by atoms with van der Waals surface area (Å²) < 4.78 is 0. The molecule has 0 aliphatic heterocycles. The normalized spacial score (nSPS) is 16.9. The summed E-state index contributed by atoms with van der Waals surface area (Å²) >= 11 is 0. The first kappa shape index (κ1) is 10.2.